The number of ether oxygens (including phenoxy) is 2. The van der Waals surface area contributed by atoms with E-state index in [1.165, 1.54) is 0 Å². The number of rotatable bonds is 5. The van der Waals surface area contributed by atoms with E-state index < -0.39 is 0 Å². The standard InChI is InChI=1S/C24H25N3O3/c1-4-22-25-21-13-14-27(24(28)17-7-11-19(30-3)12-8-17)15-20(21)23(26-22)16-5-9-18(29-2)10-6-16/h5-12H,4,13-15H2,1-3H3. The lowest BCUT2D eigenvalue weighted by Crippen LogP contribution is -2.37. The molecule has 2 aromatic carbocycles. The molecule has 3 aromatic rings. The molecule has 0 atom stereocenters. The molecule has 2 heterocycles. The summed E-state index contributed by atoms with van der Waals surface area (Å²) in [6.45, 7) is 3.19. The number of aromatic nitrogens is 2. The monoisotopic (exact) mass is 403 g/mol. The predicted octanol–water partition coefficient (Wildman–Crippen LogP) is 3.92. The van der Waals surface area contributed by atoms with Gasteiger partial charge in [0.2, 0.25) is 0 Å². The fourth-order valence-corrected chi connectivity index (χ4v) is 3.70. The number of fused-ring (bicyclic) bond motifs is 1. The number of amides is 1. The molecule has 0 aliphatic carbocycles. The summed E-state index contributed by atoms with van der Waals surface area (Å²) in [5.74, 6) is 2.37. The first kappa shape index (κ1) is 19.9. The van der Waals surface area contributed by atoms with E-state index in [9.17, 15) is 4.79 Å². The Bertz CT molecular complexity index is 1050. The number of carbonyl (C=O) groups excluding carboxylic acids is 1. The molecule has 0 unspecified atom stereocenters. The average Bonchev–Trinajstić information content (AvgIpc) is 2.82. The van der Waals surface area contributed by atoms with Gasteiger partial charge in [-0.3, -0.25) is 4.79 Å². The van der Waals surface area contributed by atoms with E-state index in [1.807, 2.05) is 41.3 Å². The van der Waals surface area contributed by atoms with E-state index in [-0.39, 0.29) is 5.91 Å². The molecule has 1 aliphatic rings. The van der Waals surface area contributed by atoms with Gasteiger partial charge in [-0.25, -0.2) is 9.97 Å². The highest BCUT2D eigenvalue weighted by Crippen LogP contribution is 2.30. The van der Waals surface area contributed by atoms with Crippen molar-refractivity contribution in [1.29, 1.82) is 0 Å². The first-order valence-corrected chi connectivity index (χ1v) is 10.1. The Balaban J connectivity index is 1.68. The molecule has 154 valence electrons. The topological polar surface area (TPSA) is 64.6 Å². The minimum atomic E-state index is 0.00329. The lowest BCUT2D eigenvalue weighted by molar-refractivity contribution is 0.0733. The van der Waals surface area contributed by atoms with Gasteiger partial charge in [0, 0.05) is 42.6 Å². The summed E-state index contributed by atoms with van der Waals surface area (Å²) >= 11 is 0. The van der Waals surface area contributed by atoms with Gasteiger partial charge in [0.25, 0.3) is 5.91 Å². The second-order valence-electron chi connectivity index (χ2n) is 7.20. The van der Waals surface area contributed by atoms with Crippen molar-refractivity contribution in [2.75, 3.05) is 20.8 Å². The lowest BCUT2D eigenvalue weighted by atomic mass is 9.98. The Morgan fingerprint density at radius 2 is 1.60 bits per heavy atom. The molecular formula is C24H25N3O3. The van der Waals surface area contributed by atoms with Gasteiger partial charge in [-0.05, 0) is 48.5 Å². The Labute approximate surface area is 176 Å². The Morgan fingerprint density at radius 1 is 0.967 bits per heavy atom. The van der Waals surface area contributed by atoms with Gasteiger partial charge < -0.3 is 14.4 Å². The van der Waals surface area contributed by atoms with Gasteiger partial charge in [-0.1, -0.05) is 6.92 Å². The molecule has 0 radical (unpaired) electrons. The van der Waals surface area contributed by atoms with Crippen LogP contribution in [-0.4, -0.2) is 41.5 Å². The minimum absolute atomic E-state index is 0.00329. The van der Waals surface area contributed by atoms with Crippen LogP contribution in [0, 0.1) is 0 Å². The van der Waals surface area contributed by atoms with Crippen LogP contribution in [0.4, 0.5) is 0 Å². The van der Waals surface area contributed by atoms with Crippen molar-refractivity contribution in [2.45, 2.75) is 26.3 Å². The maximum Gasteiger partial charge on any atom is 0.254 e. The molecule has 30 heavy (non-hydrogen) atoms. The average molecular weight is 403 g/mol. The van der Waals surface area contributed by atoms with Crippen LogP contribution in [-0.2, 0) is 19.4 Å². The summed E-state index contributed by atoms with van der Waals surface area (Å²) in [6, 6.07) is 15.1. The van der Waals surface area contributed by atoms with Gasteiger partial charge in [-0.2, -0.15) is 0 Å². The van der Waals surface area contributed by atoms with Crippen molar-refractivity contribution in [2.24, 2.45) is 0 Å². The summed E-state index contributed by atoms with van der Waals surface area (Å²) in [5, 5.41) is 0. The molecule has 0 N–H and O–H groups in total. The number of aryl methyl sites for hydroxylation is 1. The minimum Gasteiger partial charge on any atom is -0.497 e. The van der Waals surface area contributed by atoms with Gasteiger partial charge in [-0.15, -0.1) is 0 Å². The Hall–Kier alpha value is -3.41. The van der Waals surface area contributed by atoms with Gasteiger partial charge >= 0.3 is 0 Å². The van der Waals surface area contributed by atoms with E-state index in [4.69, 9.17) is 19.4 Å². The van der Waals surface area contributed by atoms with Crippen LogP contribution in [0.3, 0.4) is 0 Å². The van der Waals surface area contributed by atoms with Gasteiger partial charge in [0.15, 0.2) is 0 Å². The van der Waals surface area contributed by atoms with Crippen LogP contribution in [0.15, 0.2) is 48.5 Å². The fraction of sp³-hybridized carbons (Fsp3) is 0.292. The molecule has 6 heteroatoms. The molecule has 1 aromatic heterocycles. The third-order valence-electron chi connectivity index (χ3n) is 5.41. The van der Waals surface area contributed by atoms with Crippen molar-refractivity contribution >= 4 is 5.91 Å². The molecule has 0 saturated carbocycles. The van der Waals surface area contributed by atoms with Gasteiger partial charge in [0.1, 0.15) is 17.3 Å². The highest BCUT2D eigenvalue weighted by molar-refractivity contribution is 5.94. The first-order valence-electron chi connectivity index (χ1n) is 10.1. The van der Waals surface area contributed by atoms with E-state index in [2.05, 4.69) is 6.92 Å². The number of methoxy groups -OCH3 is 2. The van der Waals surface area contributed by atoms with E-state index in [0.29, 0.717) is 18.7 Å². The number of carbonyl (C=O) groups is 1. The van der Waals surface area contributed by atoms with Crippen molar-refractivity contribution < 1.29 is 14.3 Å². The van der Waals surface area contributed by atoms with Crippen LogP contribution in [0.25, 0.3) is 11.3 Å². The summed E-state index contributed by atoms with van der Waals surface area (Å²) in [4.78, 5) is 24.5. The third-order valence-corrected chi connectivity index (χ3v) is 5.41. The first-order chi connectivity index (χ1) is 14.6. The van der Waals surface area contributed by atoms with Crippen molar-refractivity contribution in [1.82, 2.24) is 14.9 Å². The lowest BCUT2D eigenvalue weighted by Gasteiger charge is -2.30. The largest absolute Gasteiger partial charge is 0.497 e. The molecule has 1 amide bonds. The quantitative estimate of drug-likeness (QED) is 0.646. The number of benzene rings is 2. The zero-order chi connectivity index (χ0) is 21.1. The number of hydrogen-bond donors (Lipinski definition) is 0. The van der Waals surface area contributed by atoms with Crippen LogP contribution < -0.4 is 9.47 Å². The molecule has 0 spiro atoms. The van der Waals surface area contributed by atoms with E-state index in [0.717, 1.165) is 52.7 Å². The fourth-order valence-electron chi connectivity index (χ4n) is 3.70. The summed E-state index contributed by atoms with van der Waals surface area (Å²) in [7, 11) is 3.27. The molecule has 0 fully saturated rings. The second kappa shape index (κ2) is 8.53. The van der Waals surface area contributed by atoms with Crippen LogP contribution >= 0.6 is 0 Å². The molecule has 4 rings (SSSR count). The highest BCUT2D eigenvalue weighted by atomic mass is 16.5. The maximum absolute atomic E-state index is 13.1. The second-order valence-corrected chi connectivity index (χ2v) is 7.20. The zero-order valence-corrected chi connectivity index (χ0v) is 17.5. The van der Waals surface area contributed by atoms with Crippen LogP contribution in [0.2, 0.25) is 0 Å². The van der Waals surface area contributed by atoms with Gasteiger partial charge in [0.05, 0.1) is 25.6 Å². The third kappa shape index (κ3) is 3.85. The van der Waals surface area contributed by atoms with Crippen molar-refractivity contribution in [3.05, 3.63) is 71.2 Å². The smallest absolute Gasteiger partial charge is 0.254 e. The predicted molar refractivity (Wildman–Crippen MR) is 115 cm³/mol. The van der Waals surface area contributed by atoms with Crippen molar-refractivity contribution in [3.63, 3.8) is 0 Å². The number of hydrogen-bond acceptors (Lipinski definition) is 5. The summed E-state index contributed by atoms with van der Waals surface area (Å²) in [6.07, 6.45) is 1.49. The summed E-state index contributed by atoms with van der Waals surface area (Å²) in [5.41, 5.74) is 4.60. The SMILES string of the molecule is CCc1nc2c(c(-c3ccc(OC)cc3)n1)CN(C(=O)c1ccc(OC)cc1)CC2. The molecule has 0 bridgehead atoms. The highest BCUT2D eigenvalue weighted by Gasteiger charge is 2.26. The van der Waals surface area contributed by atoms with Crippen LogP contribution in [0.1, 0.15) is 34.4 Å². The van der Waals surface area contributed by atoms with Crippen molar-refractivity contribution in [3.8, 4) is 22.8 Å². The molecule has 0 saturated heterocycles. The molecule has 6 nitrogen and oxygen atoms in total. The normalized spacial score (nSPS) is 13.0. The number of nitrogens with zero attached hydrogens (tertiary/aromatic N) is 3. The van der Waals surface area contributed by atoms with E-state index in [1.54, 1.807) is 26.4 Å². The Morgan fingerprint density at radius 3 is 2.20 bits per heavy atom. The maximum atomic E-state index is 13.1. The zero-order valence-electron chi connectivity index (χ0n) is 17.5. The van der Waals surface area contributed by atoms with E-state index >= 15 is 0 Å². The molecular weight excluding hydrogens is 378 g/mol. The summed E-state index contributed by atoms with van der Waals surface area (Å²) < 4.78 is 10.5. The molecule has 1 aliphatic heterocycles. The van der Waals surface area contributed by atoms with Crippen LogP contribution in [0.5, 0.6) is 11.5 Å². The Kier molecular flexibility index (Phi) is 5.65.